The fraction of sp³-hybridized carbons (Fsp3) is 0.450. The molecule has 30 heavy (non-hydrogen) atoms. The summed E-state index contributed by atoms with van der Waals surface area (Å²) in [5, 5.41) is 14.3. The molecule has 2 N–H and O–H groups in total. The molecule has 1 aliphatic heterocycles. The summed E-state index contributed by atoms with van der Waals surface area (Å²) < 4.78 is 0. The van der Waals surface area contributed by atoms with Gasteiger partial charge in [-0.15, -0.1) is 10.2 Å². The first kappa shape index (κ1) is 20.7. The quantitative estimate of drug-likeness (QED) is 0.708. The zero-order valence-corrected chi connectivity index (χ0v) is 17.8. The topological polar surface area (TPSA) is 104 Å². The van der Waals surface area contributed by atoms with Crippen molar-refractivity contribution in [1.82, 2.24) is 20.4 Å². The van der Waals surface area contributed by atoms with E-state index in [1.165, 1.54) is 0 Å². The first-order chi connectivity index (χ1) is 14.5. The second-order valence-corrected chi connectivity index (χ2v) is 9.07. The van der Waals surface area contributed by atoms with Crippen LogP contribution in [0.15, 0.2) is 24.3 Å². The Morgan fingerprint density at radius 1 is 1.10 bits per heavy atom. The van der Waals surface area contributed by atoms with Crippen molar-refractivity contribution in [2.24, 2.45) is 5.92 Å². The first-order valence-electron chi connectivity index (χ1n) is 9.97. The summed E-state index contributed by atoms with van der Waals surface area (Å²) in [6.45, 7) is 1.15. The number of anilines is 1. The lowest BCUT2D eigenvalue weighted by atomic mass is 9.93. The van der Waals surface area contributed by atoms with Gasteiger partial charge in [-0.2, -0.15) is 0 Å². The van der Waals surface area contributed by atoms with Crippen LogP contribution in [0.25, 0.3) is 0 Å². The molecule has 2 heterocycles. The summed E-state index contributed by atoms with van der Waals surface area (Å²) in [5.41, 5.74) is 0.545. The Morgan fingerprint density at radius 3 is 2.53 bits per heavy atom. The van der Waals surface area contributed by atoms with E-state index in [1.54, 1.807) is 29.2 Å². The molecule has 0 radical (unpaired) electrons. The van der Waals surface area contributed by atoms with E-state index >= 15 is 0 Å². The van der Waals surface area contributed by atoms with Gasteiger partial charge in [-0.3, -0.25) is 14.4 Å². The Morgan fingerprint density at radius 2 is 1.83 bits per heavy atom. The van der Waals surface area contributed by atoms with E-state index < -0.39 is 5.91 Å². The van der Waals surface area contributed by atoms with Gasteiger partial charge in [-0.25, -0.2) is 0 Å². The highest BCUT2D eigenvalue weighted by Gasteiger charge is 2.29. The Hall–Kier alpha value is -2.52. The monoisotopic (exact) mass is 447 g/mol. The van der Waals surface area contributed by atoms with Gasteiger partial charge < -0.3 is 15.5 Å². The van der Waals surface area contributed by atoms with E-state index in [0.29, 0.717) is 42.2 Å². The van der Waals surface area contributed by atoms with Crippen molar-refractivity contribution >= 4 is 46.3 Å². The number of amides is 3. The molecular formula is C20H22ClN5O3S. The van der Waals surface area contributed by atoms with Crippen LogP contribution >= 0.6 is 22.9 Å². The molecule has 10 heteroatoms. The molecule has 1 aromatic heterocycles. The number of piperidine rings is 1. The standard InChI is InChI=1S/C20H22ClN5O3S/c21-13-2-1-3-15(11-13)23-17(28)18-24-25-19(30-18)20(29)26-8-6-12(7-9-26)10-16(27)22-14-4-5-14/h1-3,11-12,14H,4-10H2,(H,22,27)(H,23,28). The van der Waals surface area contributed by atoms with Gasteiger partial charge in [0, 0.05) is 36.3 Å². The summed E-state index contributed by atoms with van der Waals surface area (Å²) in [6.07, 6.45) is 4.25. The van der Waals surface area contributed by atoms with Gasteiger partial charge in [0.2, 0.25) is 15.9 Å². The first-order valence-corrected chi connectivity index (χ1v) is 11.2. The Bertz CT molecular complexity index is 953. The maximum absolute atomic E-state index is 12.7. The van der Waals surface area contributed by atoms with E-state index in [9.17, 15) is 14.4 Å². The highest BCUT2D eigenvalue weighted by atomic mass is 35.5. The van der Waals surface area contributed by atoms with Crippen LogP contribution in [0.4, 0.5) is 5.69 Å². The average Bonchev–Trinajstić information content (AvgIpc) is 3.39. The molecule has 0 atom stereocenters. The van der Waals surface area contributed by atoms with Gasteiger partial charge in [0.25, 0.3) is 11.8 Å². The highest BCUT2D eigenvalue weighted by molar-refractivity contribution is 7.15. The minimum atomic E-state index is -0.436. The van der Waals surface area contributed by atoms with Gasteiger partial charge >= 0.3 is 0 Å². The lowest BCUT2D eigenvalue weighted by Crippen LogP contribution is -2.39. The molecule has 158 valence electrons. The number of benzene rings is 1. The molecule has 0 unspecified atom stereocenters. The zero-order valence-electron chi connectivity index (χ0n) is 16.3. The van der Waals surface area contributed by atoms with E-state index in [4.69, 9.17) is 11.6 Å². The molecule has 1 saturated carbocycles. The third-order valence-electron chi connectivity index (χ3n) is 5.20. The summed E-state index contributed by atoms with van der Waals surface area (Å²) in [7, 11) is 0. The van der Waals surface area contributed by atoms with Gasteiger partial charge in [-0.05, 0) is 49.8 Å². The fourth-order valence-corrected chi connectivity index (χ4v) is 4.30. The van der Waals surface area contributed by atoms with Crippen LogP contribution < -0.4 is 10.6 Å². The Labute approximate surface area is 183 Å². The van der Waals surface area contributed by atoms with Gasteiger partial charge in [0.05, 0.1) is 0 Å². The summed E-state index contributed by atoms with van der Waals surface area (Å²) in [5.74, 6) is -0.257. The number of hydrogen-bond donors (Lipinski definition) is 2. The van der Waals surface area contributed by atoms with Crippen LogP contribution in [-0.4, -0.2) is 52.0 Å². The lowest BCUT2D eigenvalue weighted by Gasteiger charge is -2.31. The largest absolute Gasteiger partial charge is 0.353 e. The lowest BCUT2D eigenvalue weighted by molar-refractivity contribution is -0.122. The molecule has 3 amide bonds. The summed E-state index contributed by atoms with van der Waals surface area (Å²) in [4.78, 5) is 38.8. The molecule has 2 aliphatic rings. The SMILES string of the molecule is O=C(CC1CCN(C(=O)c2nnc(C(=O)Nc3cccc(Cl)c3)s2)CC1)NC1CC1. The van der Waals surface area contributed by atoms with Crippen molar-refractivity contribution < 1.29 is 14.4 Å². The van der Waals surface area contributed by atoms with E-state index in [1.807, 2.05) is 0 Å². The zero-order chi connectivity index (χ0) is 21.1. The molecule has 1 saturated heterocycles. The number of carbonyl (C=O) groups is 3. The van der Waals surface area contributed by atoms with Gasteiger partial charge in [0.1, 0.15) is 0 Å². The minimum Gasteiger partial charge on any atom is -0.353 e. The third kappa shape index (κ3) is 5.34. The molecule has 1 aromatic carbocycles. The maximum Gasteiger partial charge on any atom is 0.286 e. The predicted molar refractivity (Wildman–Crippen MR) is 114 cm³/mol. The Kier molecular flexibility index (Phi) is 6.29. The van der Waals surface area contributed by atoms with Gasteiger partial charge in [0.15, 0.2) is 0 Å². The molecule has 0 spiro atoms. The number of hydrogen-bond acceptors (Lipinski definition) is 6. The van der Waals surface area contributed by atoms with E-state index in [0.717, 1.165) is 37.0 Å². The van der Waals surface area contributed by atoms with Crippen molar-refractivity contribution in [3.63, 3.8) is 0 Å². The van der Waals surface area contributed by atoms with Crippen molar-refractivity contribution in [2.75, 3.05) is 18.4 Å². The molecule has 1 aliphatic carbocycles. The predicted octanol–water partition coefficient (Wildman–Crippen LogP) is 2.96. The van der Waals surface area contributed by atoms with Gasteiger partial charge in [-0.1, -0.05) is 29.0 Å². The number of nitrogens with zero attached hydrogens (tertiary/aromatic N) is 3. The molecule has 0 bridgehead atoms. The van der Waals surface area contributed by atoms with E-state index in [-0.39, 0.29) is 21.8 Å². The normalized spacial score (nSPS) is 16.9. The maximum atomic E-state index is 12.7. The van der Waals surface area contributed by atoms with Crippen molar-refractivity contribution in [3.8, 4) is 0 Å². The number of aromatic nitrogens is 2. The van der Waals surface area contributed by atoms with Crippen molar-refractivity contribution in [1.29, 1.82) is 0 Å². The smallest absolute Gasteiger partial charge is 0.286 e. The number of carbonyl (C=O) groups excluding carboxylic acids is 3. The van der Waals surface area contributed by atoms with Crippen LogP contribution in [0.1, 0.15) is 51.7 Å². The molecular weight excluding hydrogens is 426 g/mol. The fourth-order valence-electron chi connectivity index (χ4n) is 3.40. The second-order valence-electron chi connectivity index (χ2n) is 7.66. The molecule has 4 rings (SSSR count). The third-order valence-corrected chi connectivity index (χ3v) is 6.35. The highest BCUT2D eigenvalue weighted by Crippen LogP contribution is 2.25. The summed E-state index contributed by atoms with van der Waals surface area (Å²) in [6, 6.07) is 7.16. The number of nitrogens with one attached hydrogen (secondary N) is 2. The van der Waals surface area contributed by atoms with Crippen LogP contribution in [0.5, 0.6) is 0 Å². The molecule has 2 aromatic rings. The van der Waals surface area contributed by atoms with Crippen molar-refractivity contribution in [3.05, 3.63) is 39.3 Å². The Balaban J connectivity index is 1.28. The average molecular weight is 448 g/mol. The van der Waals surface area contributed by atoms with Crippen molar-refractivity contribution in [2.45, 2.75) is 38.1 Å². The molecule has 8 nitrogen and oxygen atoms in total. The number of rotatable bonds is 6. The van der Waals surface area contributed by atoms with Crippen LogP contribution in [0.3, 0.4) is 0 Å². The van der Waals surface area contributed by atoms with Crippen LogP contribution in [0, 0.1) is 5.92 Å². The number of likely N-dealkylation sites (tertiary alicyclic amines) is 1. The van der Waals surface area contributed by atoms with E-state index in [2.05, 4.69) is 20.8 Å². The molecule has 2 fully saturated rings. The second kappa shape index (κ2) is 9.09. The summed E-state index contributed by atoms with van der Waals surface area (Å²) >= 11 is 6.89. The van der Waals surface area contributed by atoms with Crippen LogP contribution in [-0.2, 0) is 4.79 Å². The van der Waals surface area contributed by atoms with Crippen LogP contribution in [0.2, 0.25) is 5.02 Å². The minimum absolute atomic E-state index is 0.113. The number of halogens is 1.